The van der Waals surface area contributed by atoms with Crippen LogP contribution >= 0.6 is 11.3 Å². The highest BCUT2D eigenvalue weighted by Crippen LogP contribution is 2.13. The zero-order valence-corrected chi connectivity index (χ0v) is 25.2. The van der Waals surface area contributed by atoms with Gasteiger partial charge in [-0.15, -0.1) is 11.3 Å². The van der Waals surface area contributed by atoms with E-state index in [2.05, 4.69) is 51.2 Å². The standard InChI is InChI=1S/C30H49N5O3S/c1-24(2)10-7-11-25(3)12-8-13-26(4)15-17-33-20-29(37)34(18-6-5-16-31)23-30(38)35(22-28(32)36)21-27-14-9-19-39-27/h9-10,12,14-15,19,33H,5-8,11,13,16-18,20-23,31H2,1-4H3,(H2,32,36)/b25-12+,26-15+. The molecule has 0 unspecified atom stereocenters. The largest absolute Gasteiger partial charge is 0.368 e. The molecule has 0 spiro atoms. The Morgan fingerprint density at radius 1 is 0.923 bits per heavy atom. The molecule has 0 aliphatic carbocycles. The van der Waals surface area contributed by atoms with Crippen LogP contribution < -0.4 is 16.8 Å². The third kappa shape index (κ3) is 16.7. The van der Waals surface area contributed by atoms with Crippen LogP contribution in [-0.2, 0) is 20.9 Å². The summed E-state index contributed by atoms with van der Waals surface area (Å²) in [5, 5.41) is 5.10. The minimum Gasteiger partial charge on any atom is -0.368 e. The van der Waals surface area contributed by atoms with Crippen molar-refractivity contribution in [1.29, 1.82) is 0 Å². The van der Waals surface area contributed by atoms with Gasteiger partial charge >= 0.3 is 0 Å². The number of hydrogen-bond donors (Lipinski definition) is 3. The maximum Gasteiger partial charge on any atom is 0.242 e. The molecular weight excluding hydrogens is 510 g/mol. The van der Waals surface area contributed by atoms with E-state index in [1.54, 1.807) is 4.90 Å². The lowest BCUT2D eigenvalue weighted by Gasteiger charge is -2.27. The summed E-state index contributed by atoms with van der Waals surface area (Å²) in [5.74, 6) is -1.04. The SMILES string of the molecule is CC(C)=CCC/C(C)=C/CC/C(C)=C/CNCC(=O)N(CCCCN)CC(=O)N(CC(N)=O)Cc1cccs1. The van der Waals surface area contributed by atoms with Crippen LogP contribution in [0.25, 0.3) is 0 Å². The van der Waals surface area contributed by atoms with Gasteiger partial charge in [-0.1, -0.05) is 41.0 Å². The van der Waals surface area contributed by atoms with Crippen LogP contribution in [0.2, 0.25) is 0 Å². The van der Waals surface area contributed by atoms with Gasteiger partial charge in [-0.25, -0.2) is 0 Å². The average Bonchev–Trinajstić information content (AvgIpc) is 3.38. The summed E-state index contributed by atoms with van der Waals surface area (Å²) < 4.78 is 0. The van der Waals surface area contributed by atoms with Crippen LogP contribution in [0.3, 0.4) is 0 Å². The number of nitrogens with zero attached hydrogens (tertiary/aromatic N) is 2. The van der Waals surface area contributed by atoms with Gasteiger partial charge in [0.15, 0.2) is 0 Å². The zero-order valence-electron chi connectivity index (χ0n) is 24.3. The maximum atomic E-state index is 13.1. The number of thiophene rings is 1. The fraction of sp³-hybridized carbons (Fsp3) is 0.567. The molecular formula is C30H49N5O3S. The van der Waals surface area contributed by atoms with Gasteiger partial charge in [-0.05, 0) is 84.2 Å². The van der Waals surface area contributed by atoms with E-state index < -0.39 is 5.91 Å². The van der Waals surface area contributed by atoms with Crippen LogP contribution in [-0.4, -0.2) is 66.8 Å². The number of amides is 3. The lowest BCUT2D eigenvalue weighted by Crippen LogP contribution is -2.47. The molecule has 0 atom stereocenters. The minimum absolute atomic E-state index is 0.0993. The monoisotopic (exact) mass is 559 g/mol. The van der Waals surface area contributed by atoms with Crippen molar-refractivity contribution < 1.29 is 14.4 Å². The van der Waals surface area contributed by atoms with Gasteiger partial charge in [-0.3, -0.25) is 14.4 Å². The van der Waals surface area contributed by atoms with E-state index in [4.69, 9.17) is 11.5 Å². The Morgan fingerprint density at radius 2 is 1.62 bits per heavy atom. The van der Waals surface area contributed by atoms with Crippen LogP contribution in [0.15, 0.2) is 52.5 Å². The highest BCUT2D eigenvalue weighted by Gasteiger charge is 2.22. The fourth-order valence-electron chi connectivity index (χ4n) is 3.89. The van der Waals surface area contributed by atoms with Crippen molar-refractivity contribution in [2.24, 2.45) is 11.5 Å². The molecule has 0 aliphatic heterocycles. The molecule has 1 rings (SSSR count). The Labute approximate surface area is 239 Å². The van der Waals surface area contributed by atoms with Crippen LogP contribution in [0.4, 0.5) is 0 Å². The highest BCUT2D eigenvalue weighted by molar-refractivity contribution is 7.09. The summed E-state index contributed by atoms with van der Waals surface area (Å²) in [5.41, 5.74) is 15.1. The van der Waals surface area contributed by atoms with Gasteiger partial charge in [0.1, 0.15) is 0 Å². The third-order valence-corrected chi connectivity index (χ3v) is 7.04. The second-order valence-corrected chi connectivity index (χ2v) is 11.2. The van der Waals surface area contributed by atoms with E-state index in [1.807, 2.05) is 17.5 Å². The third-order valence-electron chi connectivity index (χ3n) is 6.18. The Morgan fingerprint density at radius 3 is 2.23 bits per heavy atom. The highest BCUT2D eigenvalue weighted by atomic mass is 32.1. The summed E-state index contributed by atoms with van der Waals surface area (Å²) in [4.78, 5) is 41.6. The number of unbranched alkanes of at least 4 members (excludes halogenated alkanes) is 1. The second kappa shape index (κ2) is 20.2. The number of nitrogens with one attached hydrogen (secondary N) is 1. The first-order chi connectivity index (χ1) is 18.6. The number of carbonyl (C=O) groups excluding carboxylic acids is 3. The van der Waals surface area contributed by atoms with Crippen molar-refractivity contribution in [3.8, 4) is 0 Å². The Kier molecular flexibility index (Phi) is 17.7. The topological polar surface area (TPSA) is 122 Å². The van der Waals surface area contributed by atoms with E-state index in [0.29, 0.717) is 26.1 Å². The van der Waals surface area contributed by atoms with Gasteiger partial charge in [-0.2, -0.15) is 0 Å². The van der Waals surface area contributed by atoms with Crippen LogP contribution in [0, 0.1) is 0 Å². The minimum atomic E-state index is -0.584. The molecule has 0 radical (unpaired) electrons. The summed E-state index contributed by atoms with van der Waals surface area (Å²) in [6.07, 6.45) is 12.3. The quantitative estimate of drug-likeness (QED) is 0.164. The molecule has 0 fully saturated rings. The molecule has 1 heterocycles. The van der Waals surface area contributed by atoms with Crippen LogP contribution in [0.1, 0.15) is 71.1 Å². The molecule has 0 aliphatic rings. The van der Waals surface area contributed by atoms with Gasteiger partial charge in [0.2, 0.25) is 17.7 Å². The van der Waals surface area contributed by atoms with Crippen molar-refractivity contribution in [3.63, 3.8) is 0 Å². The molecule has 8 nitrogen and oxygen atoms in total. The van der Waals surface area contributed by atoms with Gasteiger partial charge in [0.05, 0.1) is 26.2 Å². The van der Waals surface area contributed by atoms with E-state index in [-0.39, 0.29) is 38.0 Å². The summed E-state index contributed by atoms with van der Waals surface area (Å²) in [6.45, 7) is 10.2. The molecule has 1 aromatic rings. The molecule has 1 aromatic heterocycles. The molecule has 0 saturated heterocycles. The predicted molar refractivity (Wildman–Crippen MR) is 162 cm³/mol. The summed E-state index contributed by atoms with van der Waals surface area (Å²) in [7, 11) is 0. The van der Waals surface area contributed by atoms with Crippen molar-refractivity contribution in [2.75, 3.05) is 39.3 Å². The van der Waals surface area contributed by atoms with Crippen molar-refractivity contribution in [3.05, 3.63) is 57.3 Å². The molecule has 0 bridgehead atoms. The molecule has 5 N–H and O–H groups in total. The molecule has 9 heteroatoms. The first kappa shape index (κ1) is 34.3. The Hall–Kier alpha value is -2.75. The first-order valence-corrected chi connectivity index (χ1v) is 14.7. The molecule has 0 aromatic carbocycles. The normalized spacial score (nSPS) is 11.8. The molecule has 218 valence electrons. The maximum absolute atomic E-state index is 13.1. The molecule has 39 heavy (non-hydrogen) atoms. The molecule has 3 amide bonds. The smallest absolute Gasteiger partial charge is 0.242 e. The first-order valence-electron chi connectivity index (χ1n) is 13.8. The number of carbonyl (C=O) groups is 3. The number of primary amides is 1. The lowest BCUT2D eigenvalue weighted by atomic mass is 10.1. The number of hydrogen-bond acceptors (Lipinski definition) is 6. The molecule has 0 saturated carbocycles. The van der Waals surface area contributed by atoms with Crippen molar-refractivity contribution >= 4 is 29.1 Å². The number of nitrogens with two attached hydrogens (primary N) is 2. The lowest BCUT2D eigenvalue weighted by molar-refractivity contribution is -0.141. The van der Waals surface area contributed by atoms with Crippen LogP contribution in [0.5, 0.6) is 0 Å². The van der Waals surface area contributed by atoms with Gasteiger partial charge in [0.25, 0.3) is 0 Å². The van der Waals surface area contributed by atoms with E-state index in [1.165, 1.54) is 33.0 Å². The average molecular weight is 560 g/mol. The summed E-state index contributed by atoms with van der Waals surface area (Å²) in [6, 6.07) is 3.79. The fourth-order valence-corrected chi connectivity index (χ4v) is 4.61. The van der Waals surface area contributed by atoms with E-state index in [9.17, 15) is 14.4 Å². The van der Waals surface area contributed by atoms with Gasteiger partial charge < -0.3 is 26.6 Å². The Balaban J connectivity index is 2.60. The van der Waals surface area contributed by atoms with E-state index in [0.717, 1.165) is 37.0 Å². The van der Waals surface area contributed by atoms with E-state index >= 15 is 0 Å². The van der Waals surface area contributed by atoms with Crippen molar-refractivity contribution in [1.82, 2.24) is 15.1 Å². The van der Waals surface area contributed by atoms with Crippen molar-refractivity contribution in [2.45, 2.75) is 72.8 Å². The second-order valence-electron chi connectivity index (χ2n) is 10.2. The number of rotatable bonds is 20. The zero-order chi connectivity index (χ0) is 29.0. The summed E-state index contributed by atoms with van der Waals surface area (Å²) >= 11 is 1.50. The number of allylic oxidation sites excluding steroid dienone is 5. The van der Waals surface area contributed by atoms with Gasteiger partial charge in [0, 0.05) is 18.0 Å². The predicted octanol–water partition coefficient (Wildman–Crippen LogP) is 4.14. The Bertz CT molecular complexity index is 965.